The predicted molar refractivity (Wildman–Crippen MR) is 87.6 cm³/mol. The second-order valence-corrected chi connectivity index (χ2v) is 6.43. The lowest BCUT2D eigenvalue weighted by Crippen LogP contribution is -2.45. The molecule has 0 radical (unpaired) electrons. The Morgan fingerprint density at radius 2 is 2.05 bits per heavy atom. The molecule has 1 amide bonds. The maximum Gasteiger partial charge on any atom is 0.253 e. The van der Waals surface area contributed by atoms with Crippen molar-refractivity contribution in [1.29, 1.82) is 0 Å². The molecule has 1 aromatic rings. The van der Waals surface area contributed by atoms with Crippen LogP contribution in [0, 0.1) is 5.92 Å². The number of nitrogens with two attached hydrogens (primary N) is 1. The van der Waals surface area contributed by atoms with Crippen LogP contribution < -0.4 is 11.1 Å². The van der Waals surface area contributed by atoms with Crippen molar-refractivity contribution in [3.8, 4) is 0 Å². The Morgan fingerprint density at radius 3 is 2.62 bits per heavy atom. The van der Waals surface area contributed by atoms with Crippen LogP contribution in [-0.2, 0) is 0 Å². The molecule has 1 heterocycles. The van der Waals surface area contributed by atoms with Crippen LogP contribution >= 0.6 is 11.6 Å². The van der Waals surface area contributed by atoms with E-state index in [0.717, 1.165) is 13.1 Å². The molecule has 0 aliphatic carbocycles. The highest BCUT2D eigenvalue weighted by Crippen LogP contribution is 2.19. The molecule has 2 rings (SSSR count). The Kier molecular flexibility index (Phi) is 5.48. The summed E-state index contributed by atoms with van der Waals surface area (Å²) in [5, 5.41) is 3.56. The first kappa shape index (κ1) is 16.1. The fourth-order valence-electron chi connectivity index (χ4n) is 2.89. The van der Waals surface area contributed by atoms with E-state index >= 15 is 0 Å². The molecule has 5 heteroatoms. The highest BCUT2D eigenvalue weighted by atomic mass is 35.5. The van der Waals surface area contributed by atoms with Gasteiger partial charge in [-0.25, -0.2) is 0 Å². The minimum atomic E-state index is -0.131. The Bertz CT molecular complexity index is 498. The number of carbonyl (C=O) groups excluding carboxylic acids is 1. The third-order valence-electron chi connectivity index (χ3n) is 4.11. The van der Waals surface area contributed by atoms with Crippen LogP contribution in [0.1, 0.15) is 37.0 Å². The third-order valence-corrected chi connectivity index (χ3v) is 4.34. The number of likely N-dealkylation sites (tertiary alicyclic amines) is 1. The molecule has 1 unspecified atom stereocenters. The van der Waals surface area contributed by atoms with Gasteiger partial charge in [0.25, 0.3) is 5.91 Å². The fourth-order valence-corrected chi connectivity index (χ4v) is 3.07. The molecule has 1 aliphatic rings. The van der Waals surface area contributed by atoms with Gasteiger partial charge in [-0.2, -0.15) is 0 Å². The number of hydrogen-bond donors (Lipinski definition) is 2. The van der Waals surface area contributed by atoms with Gasteiger partial charge in [-0.1, -0.05) is 25.4 Å². The first-order valence-corrected chi connectivity index (χ1v) is 7.94. The summed E-state index contributed by atoms with van der Waals surface area (Å²) in [5.41, 5.74) is 6.76. The van der Waals surface area contributed by atoms with Crippen LogP contribution in [0.2, 0.25) is 5.02 Å². The van der Waals surface area contributed by atoms with E-state index in [9.17, 15) is 4.79 Å². The SMILES string of the molecule is CC(C)C(CNC(=O)c1ccc(Cl)cc1N)N1CCCC1. The average molecular weight is 310 g/mol. The quantitative estimate of drug-likeness (QED) is 0.822. The van der Waals surface area contributed by atoms with Crippen LogP contribution in [0.25, 0.3) is 0 Å². The van der Waals surface area contributed by atoms with Gasteiger partial charge in [0.1, 0.15) is 0 Å². The Labute approximate surface area is 131 Å². The van der Waals surface area contributed by atoms with Gasteiger partial charge in [0.15, 0.2) is 0 Å². The molecule has 21 heavy (non-hydrogen) atoms. The van der Waals surface area contributed by atoms with Gasteiger partial charge < -0.3 is 11.1 Å². The van der Waals surface area contributed by atoms with Crippen LogP contribution in [-0.4, -0.2) is 36.5 Å². The van der Waals surface area contributed by atoms with Gasteiger partial charge >= 0.3 is 0 Å². The summed E-state index contributed by atoms with van der Waals surface area (Å²) in [7, 11) is 0. The summed E-state index contributed by atoms with van der Waals surface area (Å²) in [5.74, 6) is 0.375. The normalized spacial score (nSPS) is 17.1. The third kappa shape index (κ3) is 4.11. The molecule has 1 aliphatic heterocycles. The van der Waals surface area contributed by atoms with Crippen LogP contribution in [0.3, 0.4) is 0 Å². The predicted octanol–water partition coefficient (Wildman–Crippen LogP) is 2.77. The van der Waals surface area contributed by atoms with Gasteiger partial charge in [-0.05, 0) is 50.0 Å². The molecule has 1 atom stereocenters. The zero-order valence-electron chi connectivity index (χ0n) is 12.7. The van der Waals surface area contributed by atoms with Crippen molar-refractivity contribution in [2.75, 3.05) is 25.4 Å². The van der Waals surface area contributed by atoms with E-state index < -0.39 is 0 Å². The number of anilines is 1. The average Bonchev–Trinajstić information content (AvgIpc) is 2.92. The van der Waals surface area contributed by atoms with E-state index in [1.807, 2.05) is 0 Å². The van der Waals surface area contributed by atoms with E-state index in [1.165, 1.54) is 12.8 Å². The number of nitrogen functional groups attached to an aromatic ring is 1. The monoisotopic (exact) mass is 309 g/mol. The zero-order valence-corrected chi connectivity index (χ0v) is 13.5. The summed E-state index contributed by atoms with van der Waals surface area (Å²) in [6.07, 6.45) is 2.50. The van der Waals surface area contributed by atoms with Gasteiger partial charge in [0.2, 0.25) is 0 Å². The number of amides is 1. The molecule has 0 saturated carbocycles. The molecular formula is C16H24ClN3O. The molecule has 0 bridgehead atoms. The van der Waals surface area contributed by atoms with Crippen LogP contribution in [0.4, 0.5) is 5.69 Å². The zero-order chi connectivity index (χ0) is 15.4. The van der Waals surface area contributed by atoms with Crippen molar-refractivity contribution in [1.82, 2.24) is 10.2 Å². The van der Waals surface area contributed by atoms with Gasteiger partial charge in [0.05, 0.1) is 5.56 Å². The Balaban J connectivity index is 1.98. The molecule has 0 aromatic heterocycles. The second-order valence-electron chi connectivity index (χ2n) is 6.00. The lowest BCUT2D eigenvalue weighted by Gasteiger charge is -2.31. The van der Waals surface area contributed by atoms with Crippen molar-refractivity contribution in [3.63, 3.8) is 0 Å². The van der Waals surface area contributed by atoms with Gasteiger partial charge in [0, 0.05) is 23.3 Å². The molecular weight excluding hydrogens is 286 g/mol. The highest BCUT2D eigenvalue weighted by molar-refractivity contribution is 6.31. The van der Waals surface area contributed by atoms with Crippen molar-refractivity contribution in [2.45, 2.75) is 32.7 Å². The molecule has 1 fully saturated rings. The number of halogens is 1. The Morgan fingerprint density at radius 1 is 1.38 bits per heavy atom. The van der Waals surface area contributed by atoms with E-state index in [2.05, 4.69) is 24.1 Å². The van der Waals surface area contributed by atoms with Gasteiger partial charge in [-0.3, -0.25) is 9.69 Å². The summed E-state index contributed by atoms with van der Waals surface area (Å²) >= 11 is 5.86. The van der Waals surface area contributed by atoms with E-state index in [0.29, 0.717) is 34.8 Å². The largest absolute Gasteiger partial charge is 0.398 e. The van der Waals surface area contributed by atoms with Crippen LogP contribution in [0.15, 0.2) is 18.2 Å². The minimum absolute atomic E-state index is 0.131. The topological polar surface area (TPSA) is 58.4 Å². The minimum Gasteiger partial charge on any atom is -0.398 e. The molecule has 1 aromatic carbocycles. The highest BCUT2D eigenvalue weighted by Gasteiger charge is 2.25. The van der Waals surface area contributed by atoms with Crippen molar-refractivity contribution in [3.05, 3.63) is 28.8 Å². The van der Waals surface area contributed by atoms with Crippen LogP contribution in [0.5, 0.6) is 0 Å². The molecule has 4 nitrogen and oxygen atoms in total. The molecule has 0 spiro atoms. The lowest BCUT2D eigenvalue weighted by atomic mass is 10.0. The maximum absolute atomic E-state index is 12.3. The second kappa shape index (κ2) is 7.14. The van der Waals surface area contributed by atoms with E-state index in [4.69, 9.17) is 17.3 Å². The summed E-state index contributed by atoms with van der Waals surface area (Å²) in [6.45, 7) is 7.31. The first-order chi connectivity index (χ1) is 9.99. The van der Waals surface area contributed by atoms with E-state index in [-0.39, 0.29) is 5.91 Å². The van der Waals surface area contributed by atoms with Crippen molar-refractivity contribution >= 4 is 23.2 Å². The number of rotatable bonds is 5. The lowest BCUT2D eigenvalue weighted by molar-refractivity contribution is 0.0928. The molecule has 116 valence electrons. The smallest absolute Gasteiger partial charge is 0.253 e. The number of carbonyl (C=O) groups is 1. The summed E-state index contributed by atoms with van der Waals surface area (Å²) < 4.78 is 0. The molecule has 3 N–H and O–H groups in total. The Hall–Kier alpha value is -1.26. The number of hydrogen-bond acceptors (Lipinski definition) is 3. The standard InChI is InChI=1S/C16H24ClN3O/c1-11(2)15(20-7-3-4-8-20)10-19-16(21)13-6-5-12(17)9-14(13)18/h5-6,9,11,15H,3-4,7-8,10,18H2,1-2H3,(H,19,21). The maximum atomic E-state index is 12.3. The van der Waals surface area contributed by atoms with Gasteiger partial charge in [-0.15, -0.1) is 0 Å². The number of nitrogens with zero attached hydrogens (tertiary/aromatic N) is 1. The molecule has 1 saturated heterocycles. The van der Waals surface area contributed by atoms with Crippen molar-refractivity contribution < 1.29 is 4.79 Å². The number of nitrogens with one attached hydrogen (secondary N) is 1. The summed E-state index contributed by atoms with van der Waals surface area (Å²) in [4.78, 5) is 14.7. The fraction of sp³-hybridized carbons (Fsp3) is 0.562. The van der Waals surface area contributed by atoms with E-state index in [1.54, 1.807) is 18.2 Å². The van der Waals surface area contributed by atoms with Crippen molar-refractivity contribution in [2.24, 2.45) is 5.92 Å². The summed E-state index contributed by atoms with van der Waals surface area (Å²) in [6, 6.07) is 5.35. The first-order valence-electron chi connectivity index (χ1n) is 7.56. The number of benzene rings is 1.